The van der Waals surface area contributed by atoms with Crippen LogP contribution < -0.4 is 10.6 Å². The summed E-state index contributed by atoms with van der Waals surface area (Å²) in [5, 5.41) is 5.69. The van der Waals surface area contributed by atoms with Gasteiger partial charge >= 0.3 is 12.1 Å². The second kappa shape index (κ2) is 8.35. The molecule has 0 bridgehead atoms. The van der Waals surface area contributed by atoms with Crippen LogP contribution in [0.5, 0.6) is 0 Å². The molecular formula is C15H11ClF3N3O4S. The zero-order valence-electron chi connectivity index (χ0n) is 13.5. The fourth-order valence-electron chi connectivity index (χ4n) is 1.83. The normalized spacial score (nSPS) is 11.0. The highest BCUT2D eigenvalue weighted by atomic mass is 35.5. The zero-order chi connectivity index (χ0) is 20.2. The number of thiazole rings is 1. The summed E-state index contributed by atoms with van der Waals surface area (Å²) in [4.78, 5) is 38.3. The molecule has 2 rings (SSSR count). The molecule has 1 aromatic carbocycles. The maximum atomic E-state index is 13.0. The molecule has 0 saturated heterocycles. The van der Waals surface area contributed by atoms with E-state index in [0.717, 1.165) is 17.4 Å². The second-order valence-electron chi connectivity index (χ2n) is 5.03. The number of alkyl halides is 3. The van der Waals surface area contributed by atoms with Crippen molar-refractivity contribution in [2.75, 3.05) is 17.2 Å². The van der Waals surface area contributed by atoms with E-state index in [2.05, 4.69) is 10.3 Å². The molecule has 1 aromatic heterocycles. The Morgan fingerprint density at radius 2 is 1.96 bits per heavy atom. The van der Waals surface area contributed by atoms with E-state index in [4.69, 9.17) is 16.3 Å². The van der Waals surface area contributed by atoms with Crippen molar-refractivity contribution in [3.63, 3.8) is 0 Å². The highest BCUT2D eigenvalue weighted by Gasteiger charge is 2.34. The van der Waals surface area contributed by atoms with Crippen LogP contribution in [0.2, 0.25) is 5.02 Å². The minimum Gasteiger partial charge on any atom is -0.451 e. The van der Waals surface area contributed by atoms with Gasteiger partial charge in [0.15, 0.2) is 17.4 Å². The molecule has 0 saturated carbocycles. The van der Waals surface area contributed by atoms with E-state index in [0.29, 0.717) is 6.07 Å². The van der Waals surface area contributed by atoms with E-state index in [1.165, 1.54) is 18.4 Å². The quantitative estimate of drug-likeness (QED) is 0.719. The third-order valence-corrected chi connectivity index (χ3v) is 3.88. The number of amides is 2. The van der Waals surface area contributed by atoms with Crippen molar-refractivity contribution >= 4 is 51.5 Å². The Labute approximate surface area is 159 Å². The Kier molecular flexibility index (Phi) is 6.39. The molecule has 0 unspecified atom stereocenters. The van der Waals surface area contributed by atoms with Gasteiger partial charge in [-0.25, -0.2) is 9.78 Å². The second-order valence-corrected chi connectivity index (χ2v) is 6.33. The third kappa shape index (κ3) is 5.93. The maximum absolute atomic E-state index is 13.0. The zero-order valence-corrected chi connectivity index (χ0v) is 15.1. The number of esters is 1. The number of benzene rings is 1. The Bertz CT molecular complexity index is 885. The average Bonchev–Trinajstić information content (AvgIpc) is 3.01. The Morgan fingerprint density at radius 3 is 2.59 bits per heavy atom. The monoisotopic (exact) mass is 421 g/mol. The summed E-state index contributed by atoms with van der Waals surface area (Å²) >= 11 is 6.52. The van der Waals surface area contributed by atoms with Crippen LogP contribution in [-0.2, 0) is 20.5 Å². The molecule has 0 aliphatic heterocycles. The fraction of sp³-hybridized carbons (Fsp3) is 0.200. The lowest BCUT2D eigenvalue weighted by atomic mass is 10.1. The maximum Gasteiger partial charge on any atom is 0.418 e. The molecule has 1 heterocycles. The first-order chi connectivity index (χ1) is 12.6. The first kappa shape index (κ1) is 20.6. The lowest BCUT2D eigenvalue weighted by molar-refractivity contribution is -0.137. The Hall–Kier alpha value is -2.66. The molecule has 2 N–H and O–H groups in total. The molecule has 0 aliphatic rings. The van der Waals surface area contributed by atoms with Crippen molar-refractivity contribution in [2.24, 2.45) is 0 Å². The highest BCUT2D eigenvalue weighted by Crippen LogP contribution is 2.36. The standard InChI is InChI=1S/C15H11ClF3N3O4S/c1-7(23)20-14-22-11(6-27-14)13(25)26-5-12(24)21-10-3-2-8(16)4-9(10)15(17,18)19/h2-4,6H,5H2,1H3,(H,21,24)(H,20,22,23). The van der Waals surface area contributed by atoms with Crippen molar-refractivity contribution in [2.45, 2.75) is 13.1 Å². The molecule has 0 atom stereocenters. The molecule has 7 nitrogen and oxygen atoms in total. The number of halogens is 4. The number of nitrogens with one attached hydrogen (secondary N) is 2. The van der Waals surface area contributed by atoms with Gasteiger partial charge in [-0.3, -0.25) is 9.59 Å². The van der Waals surface area contributed by atoms with Crippen LogP contribution in [0, 0.1) is 0 Å². The van der Waals surface area contributed by atoms with Gasteiger partial charge < -0.3 is 15.4 Å². The minimum absolute atomic E-state index is 0.148. The summed E-state index contributed by atoms with van der Waals surface area (Å²) in [6, 6.07) is 2.84. The van der Waals surface area contributed by atoms with Crippen molar-refractivity contribution in [3.05, 3.63) is 39.9 Å². The number of aromatic nitrogens is 1. The van der Waals surface area contributed by atoms with Gasteiger partial charge in [0.1, 0.15) is 0 Å². The van der Waals surface area contributed by atoms with E-state index in [1.54, 1.807) is 0 Å². The van der Waals surface area contributed by atoms with Crippen molar-refractivity contribution < 1.29 is 32.3 Å². The summed E-state index contributed by atoms with van der Waals surface area (Å²) in [5.41, 5.74) is -1.80. The fourth-order valence-corrected chi connectivity index (χ4v) is 2.72. The van der Waals surface area contributed by atoms with Crippen LogP contribution in [0.25, 0.3) is 0 Å². The van der Waals surface area contributed by atoms with Gasteiger partial charge in [0, 0.05) is 17.3 Å². The molecule has 2 amide bonds. The van der Waals surface area contributed by atoms with E-state index in [1.807, 2.05) is 5.32 Å². The Morgan fingerprint density at radius 1 is 1.26 bits per heavy atom. The highest BCUT2D eigenvalue weighted by molar-refractivity contribution is 7.14. The van der Waals surface area contributed by atoms with Crippen LogP contribution in [0.4, 0.5) is 24.0 Å². The van der Waals surface area contributed by atoms with Gasteiger partial charge in [-0.05, 0) is 18.2 Å². The van der Waals surface area contributed by atoms with Crippen molar-refractivity contribution in [1.82, 2.24) is 4.98 Å². The van der Waals surface area contributed by atoms with E-state index in [-0.39, 0.29) is 21.8 Å². The number of hydrogen-bond donors (Lipinski definition) is 2. The molecule has 0 radical (unpaired) electrons. The topological polar surface area (TPSA) is 97.4 Å². The van der Waals surface area contributed by atoms with Gasteiger partial charge in [-0.2, -0.15) is 13.2 Å². The number of carbonyl (C=O) groups is 3. The number of anilines is 2. The molecule has 0 fully saturated rings. The van der Waals surface area contributed by atoms with Crippen LogP contribution in [0.3, 0.4) is 0 Å². The van der Waals surface area contributed by atoms with E-state index in [9.17, 15) is 27.6 Å². The van der Waals surface area contributed by atoms with Gasteiger partial charge in [0.25, 0.3) is 5.91 Å². The molecule has 0 spiro atoms. The van der Waals surface area contributed by atoms with Gasteiger partial charge in [0.2, 0.25) is 5.91 Å². The summed E-state index contributed by atoms with van der Waals surface area (Å²) in [6.07, 6.45) is -4.73. The molecule has 144 valence electrons. The van der Waals surface area contributed by atoms with Crippen LogP contribution >= 0.6 is 22.9 Å². The molecule has 12 heteroatoms. The Balaban J connectivity index is 1.98. The molecule has 2 aromatic rings. The number of rotatable bonds is 5. The summed E-state index contributed by atoms with van der Waals surface area (Å²) in [7, 11) is 0. The largest absolute Gasteiger partial charge is 0.451 e. The predicted octanol–water partition coefficient (Wildman–Crippen LogP) is 3.57. The van der Waals surface area contributed by atoms with Crippen molar-refractivity contribution in [3.8, 4) is 0 Å². The van der Waals surface area contributed by atoms with Crippen LogP contribution in [-0.4, -0.2) is 29.4 Å². The molecular weight excluding hydrogens is 411 g/mol. The van der Waals surface area contributed by atoms with Crippen LogP contribution in [0.15, 0.2) is 23.6 Å². The lowest BCUT2D eigenvalue weighted by Crippen LogP contribution is -2.23. The van der Waals surface area contributed by atoms with E-state index >= 15 is 0 Å². The number of nitrogens with zero attached hydrogens (tertiary/aromatic N) is 1. The van der Waals surface area contributed by atoms with Crippen molar-refractivity contribution in [1.29, 1.82) is 0 Å². The first-order valence-corrected chi connectivity index (χ1v) is 8.39. The summed E-state index contributed by atoms with van der Waals surface area (Å²) in [6.45, 7) is 0.432. The smallest absolute Gasteiger partial charge is 0.418 e. The summed E-state index contributed by atoms with van der Waals surface area (Å²) < 4.78 is 43.6. The third-order valence-electron chi connectivity index (χ3n) is 2.89. The summed E-state index contributed by atoms with van der Waals surface area (Å²) in [5.74, 6) is -2.33. The number of hydrogen-bond acceptors (Lipinski definition) is 6. The SMILES string of the molecule is CC(=O)Nc1nc(C(=O)OCC(=O)Nc2ccc(Cl)cc2C(F)(F)F)cs1. The molecule has 27 heavy (non-hydrogen) atoms. The van der Waals surface area contributed by atoms with Gasteiger partial charge in [0.05, 0.1) is 11.3 Å². The van der Waals surface area contributed by atoms with Gasteiger partial charge in [-0.1, -0.05) is 11.6 Å². The van der Waals surface area contributed by atoms with Crippen LogP contribution in [0.1, 0.15) is 23.0 Å². The first-order valence-electron chi connectivity index (χ1n) is 7.13. The molecule has 0 aliphatic carbocycles. The number of ether oxygens (including phenoxy) is 1. The minimum atomic E-state index is -4.73. The predicted molar refractivity (Wildman–Crippen MR) is 91.8 cm³/mol. The number of carbonyl (C=O) groups excluding carboxylic acids is 3. The average molecular weight is 422 g/mol. The van der Waals surface area contributed by atoms with Gasteiger partial charge in [-0.15, -0.1) is 11.3 Å². The van der Waals surface area contributed by atoms with E-state index < -0.39 is 35.9 Å². The lowest BCUT2D eigenvalue weighted by Gasteiger charge is -2.14.